The Balaban J connectivity index is 2.47. The van der Waals surface area contributed by atoms with E-state index < -0.39 is 0 Å². The Hall–Kier alpha value is -1.16. The van der Waals surface area contributed by atoms with Crippen LogP contribution in [0.25, 0.3) is 0 Å². The Labute approximate surface area is 101 Å². The van der Waals surface area contributed by atoms with Crippen molar-refractivity contribution in [2.24, 2.45) is 0 Å². The molecule has 0 saturated carbocycles. The minimum absolute atomic E-state index is 0.210. The average Bonchev–Trinajstić information content (AvgIpc) is 2.29. The Bertz CT molecular complexity index is 337. The number of hydrogen-bond acceptors (Lipinski definition) is 1. The highest BCUT2D eigenvalue weighted by atomic mass is 32.1. The van der Waals surface area contributed by atoms with E-state index >= 15 is 0 Å². The van der Waals surface area contributed by atoms with E-state index in [-0.39, 0.29) is 5.82 Å². The second-order valence-corrected chi connectivity index (χ2v) is 4.10. The molecule has 0 fully saturated rings. The molecule has 1 N–H and O–H groups in total. The molecule has 88 valence electrons. The largest absolute Gasteiger partial charge is 0.363 e. The highest BCUT2D eigenvalue weighted by Crippen LogP contribution is 2.05. The number of benzene rings is 1. The van der Waals surface area contributed by atoms with Gasteiger partial charge in [0.2, 0.25) is 0 Å². The van der Waals surface area contributed by atoms with Crippen LogP contribution in [0.1, 0.15) is 18.9 Å². The first-order valence-corrected chi connectivity index (χ1v) is 5.77. The van der Waals surface area contributed by atoms with Gasteiger partial charge in [0, 0.05) is 20.1 Å². The van der Waals surface area contributed by atoms with Crippen LogP contribution in [0.3, 0.4) is 0 Å². The molecule has 0 spiro atoms. The van der Waals surface area contributed by atoms with Gasteiger partial charge in [0.15, 0.2) is 5.11 Å². The summed E-state index contributed by atoms with van der Waals surface area (Å²) >= 11 is 5.21. The van der Waals surface area contributed by atoms with Crippen LogP contribution in [-0.4, -0.2) is 23.6 Å². The van der Waals surface area contributed by atoms with Crippen molar-refractivity contribution in [1.29, 1.82) is 0 Å². The Morgan fingerprint density at radius 3 is 2.56 bits per heavy atom. The Morgan fingerprint density at radius 1 is 1.38 bits per heavy atom. The summed E-state index contributed by atoms with van der Waals surface area (Å²) in [4.78, 5) is 1.94. The third-order valence-corrected chi connectivity index (χ3v) is 2.66. The van der Waals surface area contributed by atoms with Gasteiger partial charge in [-0.1, -0.05) is 19.1 Å². The molecular weight excluding hydrogens is 223 g/mol. The van der Waals surface area contributed by atoms with Gasteiger partial charge in [-0.2, -0.15) is 0 Å². The molecule has 1 aromatic rings. The van der Waals surface area contributed by atoms with Crippen molar-refractivity contribution in [3.63, 3.8) is 0 Å². The van der Waals surface area contributed by atoms with Gasteiger partial charge in [0.25, 0.3) is 0 Å². The second kappa shape index (κ2) is 6.43. The molecule has 0 heterocycles. The average molecular weight is 240 g/mol. The van der Waals surface area contributed by atoms with E-state index in [1.165, 1.54) is 12.1 Å². The van der Waals surface area contributed by atoms with Gasteiger partial charge in [0.1, 0.15) is 5.82 Å². The summed E-state index contributed by atoms with van der Waals surface area (Å²) in [5.41, 5.74) is 1.05. The molecule has 16 heavy (non-hydrogen) atoms. The maximum atomic E-state index is 12.7. The highest BCUT2D eigenvalue weighted by molar-refractivity contribution is 7.80. The first-order valence-electron chi connectivity index (χ1n) is 5.37. The Kier molecular flexibility index (Phi) is 5.19. The van der Waals surface area contributed by atoms with E-state index in [1.807, 2.05) is 11.9 Å². The molecule has 1 rings (SSSR count). The zero-order valence-electron chi connectivity index (χ0n) is 9.66. The molecule has 0 aliphatic rings. The van der Waals surface area contributed by atoms with Gasteiger partial charge in [0.05, 0.1) is 0 Å². The summed E-state index contributed by atoms with van der Waals surface area (Å²) in [5, 5.41) is 3.87. The number of nitrogens with one attached hydrogen (secondary N) is 1. The van der Waals surface area contributed by atoms with Crippen LogP contribution in [0.15, 0.2) is 24.3 Å². The van der Waals surface area contributed by atoms with E-state index in [2.05, 4.69) is 12.2 Å². The third-order valence-electron chi connectivity index (χ3n) is 2.21. The number of rotatable bonds is 4. The van der Waals surface area contributed by atoms with Gasteiger partial charge >= 0.3 is 0 Å². The standard InChI is InChI=1S/C12H17FN2S/c1-3-8-14-12(16)15(2)9-10-4-6-11(13)7-5-10/h4-7H,3,8-9H2,1-2H3,(H,14,16). The number of halogens is 1. The number of nitrogens with zero attached hydrogens (tertiary/aromatic N) is 1. The summed E-state index contributed by atoms with van der Waals surface area (Å²) in [7, 11) is 1.92. The lowest BCUT2D eigenvalue weighted by Gasteiger charge is -2.20. The second-order valence-electron chi connectivity index (χ2n) is 3.71. The lowest BCUT2D eigenvalue weighted by molar-refractivity contribution is 0.488. The van der Waals surface area contributed by atoms with Crippen LogP contribution in [0, 0.1) is 5.82 Å². The van der Waals surface area contributed by atoms with Gasteiger partial charge in [-0.15, -0.1) is 0 Å². The molecule has 1 aromatic carbocycles. The van der Waals surface area contributed by atoms with Crippen molar-refractivity contribution in [3.05, 3.63) is 35.6 Å². The minimum atomic E-state index is -0.210. The van der Waals surface area contributed by atoms with Crippen LogP contribution in [-0.2, 0) is 6.54 Å². The molecule has 0 saturated heterocycles. The predicted molar refractivity (Wildman–Crippen MR) is 68.8 cm³/mol. The Morgan fingerprint density at radius 2 is 2.00 bits per heavy atom. The topological polar surface area (TPSA) is 15.3 Å². The van der Waals surface area contributed by atoms with E-state index in [9.17, 15) is 4.39 Å². The lowest BCUT2D eigenvalue weighted by Crippen LogP contribution is -2.36. The van der Waals surface area contributed by atoms with E-state index in [0.29, 0.717) is 6.54 Å². The molecule has 0 bridgehead atoms. The van der Waals surface area contributed by atoms with Crippen LogP contribution >= 0.6 is 12.2 Å². The summed E-state index contributed by atoms with van der Waals surface area (Å²) in [5.74, 6) is -0.210. The smallest absolute Gasteiger partial charge is 0.168 e. The summed E-state index contributed by atoms with van der Waals surface area (Å²) in [6, 6.07) is 6.47. The molecular formula is C12H17FN2S. The highest BCUT2D eigenvalue weighted by Gasteiger charge is 2.04. The molecule has 0 aliphatic heterocycles. The maximum Gasteiger partial charge on any atom is 0.168 e. The summed E-state index contributed by atoms with van der Waals surface area (Å²) in [6.07, 6.45) is 1.05. The minimum Gasteiger partial charge on any atom is -0.363 e. The fraction of sp³-hybridized carbons (Fsp3) is 0.417. The van der Waals surface area contributed by atoms with E-state index in [0.717, 1.165) is 23.6 Å². The SMILES string of the molecule is CCCNC(=S)N(C)Cc1ccc(F)cc1. The maximum absolute atomic E-state index is 12.7. The zero-order valence-corrected chi connectivity index (χ0v) is 10.5. The molecule has 0 radical (unpaired) electrons. The molecule has 4 heteroatoms. The molecule has 0 aromatic heterocycles. The van der Waals surface area contributed by atoms with E-state index in [1.54, 1.807) is 12.1 Å². The van der Waals surface area contributed by atoms with Crippen LogP contribution < -0.4 is 5.32 Å². The van der Waals surface area contributed by atoms with Crippen LogP contribution in [0.5, 0.6) is 0 Å². The van der Waals surface area contributed by atoms with Gasteiger partial charge in [-0.25, -0.2) is 4.39 Å². The van der Waals surface area contributed by atoms with Gasteiger partial charge < -0.3 is 10.2 Å². The molecule has 0 amide bonds. The number of hydrogen-bond donors (Lipinski definition) is 1. The molecule has 0 unspecified atom stereocenters. The summed E-state index contributed by atoms with van der Waals surface area (Å²) < 4.78 is 12.7. The van der Waals surface area contributed by atoms with Crippen molar-refractivity contribution in [3.8, 4) is 0 Å². The molecule has 0 atom stereocenters. The van der Waals surface area contributed by atoms with Crippen molar-refractivity contribution >= 4 is 17.3 Å². The van der Waals surface area contributed by atoms with Gasteiger partial charge in [-0.05, 0) is 36.3 Å². The molecule has 2 nitrogen and oxygen atoms in total. The fourth-order valence-electron chi connectivity index (χ4n) is 1.30. The van der Waals surface area contributed by atoms with Crippen molar-refractivity contribution in [1.82, 2.24) is 10.2 Å². The summed E-state index contributed by atoms with van der Waals surface area (Å²) in [6.45, 7) is 3.66. The van der Waals surface area contributed by atoms with Gasteiger partial charge in [-0.3, -0.25) is 0 Å². The van der Waals surface area contributed by atoms with E-state index in [4.69, 9.17) is 12.2 Å². The van der Waals surface area contributed by atoms with Crippen LogP contribution in [0.2, 0.25) is 0 Å². The lowest BCUT2D eigenvalue weighted by atomic mass is 10.2. The fourth-order valence-corrected chi connectivity index (χ4v) is 1.47. The first-order chi connectivity index (χ1) is 7.63. The van der Waals surface area contributed by atoms with Crippen molar-refractivity contribution in [2.45, 2.75) is 19.9 Å². The third kappa shape index (κ3) is 4.14. The predicted octanol–water partition coefficient (Wildman–Crippen LogP) is 2.54. The molecule has 0 aliphatic carbocycles. The van der Waals surface area contributed by atoms with Crippen molar-refractivity contribution < 1.29 is 4.39 Å². The monoisotopic (exact) mass is 240 g/mol. The van der Waals surface area contributed by atoms with Crippen LogP contribution in [0.4, 0.5) is 4.39 Å². The zero-order chi connectivity index (χ0) is 12.0. The quantitative estimate of drug-likeness (QED) is 0.814. The van der Waals surface area contributed by atoms with Crippen molar-refractivity contribution in [2.75, 3.05) is 13.6 Å². The first kappa shape index (κ1) is 12.9. The number of thiocarbonyl (C=S) groups is 1. The normalized spacial score (nSPS) is 9.94.